The van der Waals surface area contributed by atoms with Gasteiger partial charge in [0.25, 0.3) is 0 Å². The van der Waals surface area contributed by atoms with Crippen molar-refractivity contribution in [3.05, 3.63) is 0 Å². The molecular weight excluding hydrogens is 226 g/mol. The molecule has 0 aromatic rings. The molecule has 0 aliphatic rings. The van der Waals surface area contributed by atoms with Crippen LogP contribution < -0.4 is 5.32 Å². The number of aliphatic hydroxyl groups excluding tert-OH is 1. The summed E-state index contributed by atoms with van der Waals surface area (Å²) in [6, 6.07) is 0. The summed E-state index contributed by atoms with van der Waals surface area (Å²) in [5.41, 5.74) is 0.352. The number of hydrogen-bond donors (Lipinski definition) is 2. The fraction of sp³-hybridized carbons (Fsp3) is 1.00. The average Bonchev–Trinajstić information content (AvgIpc) is 2.22. The topological polar surface area (TPSA) is 41.5 Å². The normalized spacial score (nSPS) is 14.2. The average molecular weight is 259 g/mol. The lowest BCUT2D eigenvalue weighted by Crippen LogP contribution is -2.32. The van der Waals surface area contributed by atoms with Gasteiger partial charge in [-0.2, -0.15) is 0 Å². The number of rotatable bonds is 10. The molecule has 0 radical (unpaired) electrons. The van der Waals surface area contributed by atoms with E-state index in [1.165, 1.54) is 6.42 Å². The molecule has 3 heteroatoms. The van der Waals surface area contributed by atoms with Gasteiger partial charge >= 0.3 is 0 Å². The third-order valence-corrected chi connectivity index (χ3v) is 2.81. The van der Waals surface area contributed by atoms with E-state index in [9.17, 15) is 5.11 Å². The van der Waals surface area contributed by atoms with Crippen LogP contribution in [0.15, 0.2) is 0 Å². The summed E-state index contributed by atoms with van der Waals surface area (Å²) >= 11 is 0. The van der Waals surface area contributed by atoms with Crippen molar-refractivity contribution in [3.63, 3.8) is 0 Å². The van der Waals surface area contributed by atoms with Crippen molar-refractivity contribution in [2.45, 2.75) is 60.0 Å². The number of nitrogens with one attached hydrogen (secondary N) is 1. The maximum Gasteiger partial charge on any atom is 0.0897 e. The highest BCUT2D eigenvalue weighted by Gasteiger charge is 2.10. The van der Waals surface area contributed by atoms with Crippen LogP contribution in [0.5, 0.6) is 0 Å². The minimum Gasteiger partial charge on any atom is -0.389 e. The van der Waals surface area contributed by atoms with Crippen LogP contribution >= 0.6 is 0 Å². The highest BCUT2D eigenvalue weighted by atomic mass is 16.5. The lowest BCUT2D eigenvalue weighted by atomic mass is 9.92. The highest BCUT2D eigenvalue weighted by molar-refractivity contribution is 4.65. The fourth-order valence-electron chi connectivity index (χ4n) is 1.60. The van der Waals surface area contributed by atoms with Crippen molar-refractivity contribution in [2.24, 2.45) is 11.3 Å². The Hall–Kier alpha value is -0.120. The molecule has 0 aromatic heterocycles. The first-order valence-corrected chi connectivity index (χ1v) is 7.28. The van der Waals surface area contributed by atoms with Crippen LogP contribution in [0.2, 0.25) is 0 Å². The van der Waals surface area contributed by atoms with E-state index in [-0.39, 0.29) is 6.10 Å². The van der Waals surface area contributed by atoms with E-state index in [4.69, 9.17) is 4.74 Å². The Bertz CT molecular complexity index is 187. The van der Waals surface area contributed by atoms with E-state index < -0.39 is 0 Å². The Morgan fingerprint density at radius 3 is 2.44 bits per heavy atom. The van der Waals surface area contributed by atoms with Gasteiger partial charge in [0.15, 0.2) is 0 Å². The molecule has 0 aromatic carbocycles. The smallest absolute Gasteiger partial charge is 0.0897 e. The van der Waals surface area contributed by atoms with Gasteiger partial charge in [0.2, 0.25) is 0 Å². The van der Waals surface area contributed by atoms with Crippen LogP contribution in [-0.2, 0) is 4.74 Å². The number of aliphatic hydroxyl groups is 1. The molecule has 0 saturated heterocycles. The van der Waals surface area contributed by atoms with Crippen molar-refractivity contribution in [1.29, 1.82) is 0 Å². The Morgan fingerprint density at radius 2 is 1.89 bits per heavy atom. The SMILES string of the molecule is CC(C)CCCOCC(O)CNCCC(C)(C)C. The van der Waals surface area contributed by atoms with Gasteiger partial charge in [0, 0.05) is 13.2 Å². The summed E-state index contributed by atoms with van der Waals surface area (Å²) in [6.45, 7) is 13.9. The first-order valence-electron chi connectivity index (χ1n) is 7.28. The van der Waals surface area contributed by atoms with Gasteiger partial charge < -0.3 is 15.2 Å². The van der Waals surface area contributed by atoms with E-state index >= 15 is 0 Å². The van der Waals surface area contributed by atoms with Gasteiger partial charge in [-0.1, -0.05) is 34.6 Å². The molecule has 110 valence electrons. The van der Waals surface area contributed by atoms with Crippen molar-refractivity contribution in [1.82, 2.24) is 5.32 Å². The molecule has 3 nitrogen and oxygen atoms in total. The third kappa shape index (κ3) is 13.9. The molecule has 0 aliphatic carbocycles. The Kier molecular flexibility index (Phi) is 9.70. The van der Waals surface area contributed by atoms with Crippen molar-refractivity contribution < 1.29 is 9.84 Å². The van der Waals surface area contributed by atoms with Crippen LogP contribution in [0.3, 0.4) is 0 Å². The largest absolute Gasteiger partial charge is 0.389 e. The molecule has 0 heterocycles. The summed E-state index contributed by atoms with van der Waals surface area (Å²) in [6.07, 6.45) is 3.01. The summed E-state index contributed by atoms with van der Waals surface area (Å²) in [5.74, 6) is 0.734. The van der Waals surface area contributed by atoms with Crippen molar-refractivity contribution in [2.75, 3.05) is 26.3 Å². The molecule has 0 saturated carbocycles. The standard InChI is InChI=1S/C15H33NO2/c1-13(2)7-6-10-18-12-14(17)11-16-9-8-15(3,4)5/h13-14,16-17H,6-12H2,1-5H3. The zero-order valence-electron chi connectivity index (χ0n) is 13.0. The van der Waals surface area contributed by atoms with E-state index in [0.717, 1.165) is 31.9 Å². The quantitative estimate of drug-likeness (QED) is 0.593. The Labute approximate surface area is 113 Å². The molecule has 1 unspecified atom stereocenters. The summed E-state index contributed by atoms with van der Waals surface area (Å²) in [7, 11) is 0. The molecule has 0 rings (SSSR count). The first kappa shape index (κ1) is 17.9. The van der Waals surface area contributed by atoms with E-state index in [0.29, 0.717) is 18.6 Å². The van der Waals surface area contributed by atoms with Crippen LogP contribution in [0.1, 0.15) is 53.9 Å². The zero-order valence-corrected chi connectivity index (χ0v) is 13.0. The van der Waals surface area contributed by atoms with Gasteiger partial charge in [-0.25, -0.2) is 0 Å². The minimum absolute atomic E-state index is 0.352. The summed E-state index contributed by atoms with van der Waals surface area (Å²) in [4.78, 5) is 0. The van der Waals surface area contributed by atoms with Gasteiger partial charge in [-0.15, -0.1) is 0 Å². The fourth-order valence-corrected chi connectivity index (χ4v) is 1.60. The predicted octanol–water partition coefficient (Wildman–Crippen LogP) is 2.83. The minimum atomic E-state index is -0.385. The third-order valence-electron chi connectivity index (χ3n) is 2.81. The zero-order chi connectivity index (χ0) is 14.0. The Morgan fingerprint density at radius 1 is 1.22 bits per heavy atom. The predicted molar refractivity (Wildman–Crippen MR) is 77.8 cm³/mol. The molecule has 0 spiro atoms. The van der Waals surface area contributed by atoms with Gasteiger partial charge in [0.05, 0.1) is 12.7 Å². The van der Waals surface area contributed by atoms with Crippen LogP contribution in [0.25, 0.3) is 0 Å². The van der Waals surface area contributed by atoms with Gasteiger partial charge in [-0.3, -0.25) is 0 Å². The maximum absolute atomic E-state index is 9.70. The second-order valence-corrected chi connectivity index (χ2v) is 6.78. The molecule has 0 bridgehead atoms. The van der Waals surface area contributed by atoms with Gasteiger partial charge in [0.1, 0.15) is 0 Å². The number of hydrogen-bond acceptors (Lipinski definition) is 3. The van der Waals surface area contributed by atoms with E-state index in [1.807, 2.05) is 0 Å². The molecule has 2 N–H and O–H groups in total. The van der Waals surface area contributed by atoms with E-state index in [1.54, 1.807) is 0 Å². The summed E-state index contributed by atoms with van der Waals surface area (Å²) in [5, 5.41) is 13.0. The molecule has 1 atom stereocenters. The number of ether oxygens (including phenoxy) is 1. The second kappa shape index (κ2) is 9.76. The van der Waals surface area contributed by atoms with Crippen LogP contribution in [0, 0.1) is 11.3 Å². The van der Waals surface area contributed by atoms with Crippen molar-refractivity contribution in [3.8, 4) is 0 Å². The van der Waals surface area contributed by atoms with Gasteiger partial charge in [-0.05, 0) is 37.1 Å². The lowest BCUT2D eigenvalue weighted by Gasteiger charge is -2.19. The maximum atomic E-state index is 9.70. The molecule has 18 heavy (non-hydrogen) atoms. The second-order valence-electron chi connectivity index (χ2n) is 6.78. The first-order chi connectivity index (χ1) is 8.31. The molecule has 0 fully saturated rings. The molecular formula is C15H33NO2. The van der Waals surface area contributed by atoms with E-state index in [2.05, 4.69) is 39.9 Å². The monoisotopic (exact) mass is 259 g/mol. The van der Waals surface area contributed by atoms with Crippen LogP contribution in [-0.4, -0.2) is 37.5 Å². The van der Waals surface area contributed by atoms with Crippen molar-refractivity contribution >= 4 is 0 Å². The molecule has 0 amide bonds. The highest BCUT2D eigenvalue weighted by Crippen LogP contribution is 2.16. The molecule has 0 aliphatic heterocycles. The summed E-state index contributed by atoms with van der Waals surface area (Å²) < 4.78 is 5.45. The Balaban J connectivity index is 3.30. The van der Waals surface area contributed by atoms with Crippen LogP contribution in [0.4, 0.5) is 0 Å². The lowest BCUT2D eigenvalue weighted by molar-refractivity contribution is 0.0346.